The first-order chi connectivity index (χ1) is 11.5. The zero-order valence-electron chi connectivity index (χ0n) is 14.6. The lowest BCUT2D eigenvalue weighted by Gasteiger charge is -2.22. The summed E-state index contributed by atoms with van der Waals surface area (Å²) in [5.41, 5.74) is 1.72. The van der Waals surface area contributed by atoms with Crippen LogP contribution in [0.5, 0.6) is 5.75 Å². The van der Waals surface area contributed by atoms with Crippen LogP contribution in [0.25, 0.3) is 0 Å². The van der Waals surface area contributed by atoms with Crippen molar-refractivity contribution in [2.45, 2.75) is 33.1 Å². The van der Waals surface area contributed by atoms with E-state index in [1.54, 1.807) is 13.2 Å². The van der Waals surface area contributed by atoms with Crippen LogP contribution in [0.15, 0.2) is 12.1 Å². The van der Waals surface area contributed by atoms with Crippen molar-refractivity contribution in [3.8, 4) is 5.75 Å². The number of carbonyl (C=O) groups excluding carboxylic acids is 2. The Bertz CT molecular complexity index is 619. The Balaban J connectivity index is 2.06. The van der Waals surface area contributed by atoms with Gasteiger partial charge in [-0.25, -0.2) is 0 Å². The maximum absolute atomic E-state index is 12.7. The lowest BCUT2D eigenvalue weighted by atomic mass is 10.1. The van der Waals surface area contributed by atoms with Gasteiger partial charge >= 0.3 is 0 Å². The second kappa shape index (κ2) is 8.38. The van der Waals surface area contributed by atoms with Gasteiger partial charge in [-0.15, -0.1) is 0 Å². The van der Waals surface area contributed by atoms with Crippen LogP contribution in [-0.2, 0) is 16.0 Å². The molecule has 0 aromatic heterocycles. The first-order valence-corrected chi connectivity index (χ1v) is 8.72. The summed E-state index contributed by atoms with van der Waals surface area (Å²) in [5.74, 6) is 0.905. The predicted octanol–water partition coefficient (Wildman–Crippen LogP) is 2.67. The Morgan fingerprint density at radius 1 is 1.12 bits per heavy atom. The van der Waals surface area contributed by atoms with Gasteiger partial charge in [-0.05, 0) is 31.0 Å². The maximum Gasteiger partial charge on any atom is 0.227 e. The molecule has 1 aromatic rings. The summed E-state index contributed by atoms with van der Waals surface area (Å²) in [7, 11) is 1.60. The van der Waals surface area contributed by atoms with Gasteiger partial charge in [0.15, 0.2) is 0 Å². The van der Waals surface area contributed by atoms with Crippen LogP contribution in [0.1, 0.15) is 30.9 Å². The van der Waals surface area contributed by atoms with Crippen LogP contribution in [0, 0.1) is 6.92 Å². The van der Waals surface area contributed by atoms with E-state index in [0.717, 1.165) is 24.1 Å². The number of rotatable bonds is 4. The molecule has 132 valence electrons. The van der Waals surface area contributed by atoms with Crippen molar-refractivity contribution in [3.63, 3.8) is 0 Å². The van der Waals surface area contributed by atoms with Crippen LogP contribution in [0.4, 0.5) is 0 Å². The summed E-state index contributed by atoms with van der Waals surface area (Å²) in [5, 5.41) is 0.603. The molecule has 5 nitrogen and oxygen atoms in total. The fraction of sp³-hybridized carbons (Fsp3) is 0.556. The molecule has 0 atom stereocenters. The minimum absolute atomic E-state index is 0.0424. The third-order valence-corrected chi connectivity index (χ3v) is 4.58. The minimum atomic E-state index is 0.0424. The highest BCUT2D eigenvalue weighted by molar-refractivity contribution is 6.30. The van der Waals surface area contributed by atoms with Crippen LogP contribution in [0.2, 0.25) is 5.02 Å². The van der Waals surface area contributed by atoms with E-state index in [0.29, 0.717) is 36.8 Å². The molecule has 2 amide bonds. The van der Waals surface area contributed by atoms with Crippen molar-refractivity contribution >= 4 is 23.4 Å². The number of carbonyl (C=O) groups is 2. The van der Waals surface area contributed by atoms with E-state index >= 15 is 0 Å². The van der Waals surface area contributed by atoms with Crippen molar-refractivity contribution in [2.24, 2.45) is 0 Å². The van der Waals surface area contributed by atoms with Gasteiger partial charge in [0.25, 0.3) is 0 Å². The Morgan fingerprint density at radius 3 is 2.33 bits per heavy atom. The zero-order valence-corrected chi connectivity index (χ0v) is 15.4. The van der Waals surface area contributed by atoms with Crippen molar-refractivity contribution in [2.75, 3.05) is 33.3 Å². The number of benzene rings is 1. The number of hydrogen-bond donors (Lipinski definition) is 0. The number of ether oxygens (including phenoxy) is 1. The molecule has 0 N–H and O–H groups in total. The fourth-order valence-electron chi connectivity index (χ4n) is 3.14. The number of aryl methyl sites for hydroxylation is 1. The van der Waals surface area contributed by atoms with Crippen molar-refractivity contribution in [1.82, 2.24) is 9.80 Å². The number of nitrogens with zero attached hydrogens (tertiary/aromatic N) is 2. The number of halogens is 1. The standard InChI is InChI=1S/C18H25ClN2O3/c1-4-16(22)20-6-5-7-21(9-8-20)17(23)12-14-11-15(19)10-13(2)18(14)24-3/h10-11H,4-9,12H2,1-3H3. The van der Waals surface area contributed by atoms with E-state index in [1.807, 2.05) is 29.7 Å². The topological polar surface area (TPSA) is 49.9 Å². The molecule has 1 aliphatic rings. The van der Waals surface area contributed by atoms with E-state index < -0.39 is 0 Å². The Labute approximate surface area is 148 Å². The second-order valence-electron chi connectivity index (χ2n) is 6.06. The number of hydrogen-bond acceptors (Lipinski definition) is 3. The Kier molecular flexibility index (Phi) is 6.49. The van der Waals surface area contributed by atoms with Gasteiger partial charge in [0.2, 0.25) is 11.8 Å². The summed E-state index contributed by atoms with van der Waals surface area (Å²) in [6, 6.07) is 3.62. The molecule has 0 bridgehead atoms. The monoisotopic (exact) mass is 352 g/mol. The SMILES string of the molecule is CCC(=O)N1CCCN(C(=O)Cc2cc(Cl)cc(C)c2OC)CC1. The fourth-order valence-corrected chi connectivity index (χ4v) is 3.43. The average molecular weight is 353 g/mol. The van der Waals surface area contributed by atoms with Gasteiger partial charge < -0.3 is 14.5 Å². The van der Waals surface area contributed by atoms with Gasteiger partial charge in [0.05, 0.1) is 13.5 Å². The van der Waals surface area contributed by atoms with E-state index in [9.17, 15) is 9.59 Å². The first-order valence-electron chi connectivity index (χ1n) is 8.34. The quantitative estimate of drug-likeness (QED) is 0.837. The van der Waals surface area contributed by atoms with E-state index in [4.69, 9.17) is 16.3 Å². The highest BCUT2D eigenvalue weighted by Gasteiger charge is 2.22. The largest absolute Gasteiger partial charge is 0.496 e. The average Bonchev–Trinajstić information content (AvgIpc) is 2.80. The molecular weight excluding hydrogens is 328 g/mol. The lowest BCUT2D eigenvalue weighted by Crippen LogP contribution is -2.37. The number of amides is 2. The van der Waals surface area contributed by atoms with Crippen LogP contribution < -0.4 is 4.74 Å². The summed E-state index contributed by atoms with van der Waals surface area (Å²) in [6.07, 6.45) is 1.57. The highest BCUT2D eigenvalue weighted by Crippen LogP contribution is 2.28. The van der Waals surface area contributed by atoms with Crippen LogP contribution in [-0.4, -0.2) is 54.9 Å². The molecule has 0 saturated carbocycles. The minimum Gasteiger partial charge on any atom is -0.496 e. The van der Waals surface area contributed by atoms with Crippen LogP contribution >= 0.6 is 11.6 Å². The molecule has 1 aromatic carbocycles. The Morgan fingerprint density at radius 2 is 1.75 bits per heavy atom. The third-order valence-electron chi connectivity index (χ3n) is 4.37. The molecule has 0 radical (unpaired) electrons. The molecule has 1 saturated heterocycles. The van der Waals surface area contributed by atoms with Crippen molar-refractivity contribution in [1.29, 1.82) is 0 Å². The maximum atomic E-state index is 12.7. The third kappa shape index (κ3) is 4.41. The normalized spacial score (nSPS) is 15.2. The van der Waals surface area contributed by atoms with Crippen molar-refractivity contribution < 1.29 is 14.3 Å². The number of methoxy groups -OCH3 is 1. The zero-order chi connectivity index (χ0) is 17.7. The van der Waals surface area contributed by atoms with Gasteiger partial charge in [0, 0.05) is 43.2 Å². The predicted molar refractivity (Wildman–Crippen MR) is 94.5 cm³/mol. The Hall–Kier alpha value is -1.75. The highest BCUT2D eigenvalue weighted by atomic mass is 35.5. The van der Waals surface area contributed by atoms with E-state index in [1.165, 1.54) is 0 Å². The molecule has 1 aliphatic heterocycles. The molecule has 0 aliphatic carbocycles. The molecule has 1 heterocycles. The lowest BCUT2D eigenvalue weighted by molar-refractivity contribution is -0.133. The molecule has 0 unspecified atom stereocenters. The smallest absolute Gasteiger partial charge is 0.227 e. The van der Waals surface area contributed by atoms with E-state index in [-0.39, 0.29) is 18.2 Å². The molecule has 0 spiro atoms. The van der Waals surface area contributed by atoms with Gasteiger partial charge in [-0.3, -0.25) is 9.59 Å². The molecule has 1 fully saturated rings. The molecule has 24 heavy (non-hydrogen) atoms. The summed E-state index contributed by atoms with van der Waals surface area (Å²) < 4.78 is 5.42. The molecule has 2 rings (SSSR count). The summed E-state index contributed by atoms with van der Waals surface area (Å²) in [4.78, 5) is 28.2. The second-order valence-corrected chi connectivity index (χ2v) is 6.50. The summed E-state index contributed by atoms with van der Waals surface area (Å²) >= 11 is 6.12. The van der Waals surface area contributed by atoms with E-state index in [2.05, 4.69) is 0 Å². The summed E-state index contributed by atoms with van der Waals surface area (Å²) in [6.45, 7) is 6.35. The molecule has 6 heteroatoms. The van der Waals surface area contributed by atoms with Crippen LogP contribution in [0.3, 0.4) is 0 Å². The first kappa shape index (κ1) is 18.6. The van der Waals surface area contributed by atoms with Gasteiger partial charge in [0.1, 0.15) is 5.75 Å². The van der Waals surface area contributed by atoms with Crippen molar-refractivity contribution in [3.05, 3.63) is 28.3 Å². The van der Waals surface area contributed by atoms with Gasteiger partial charge in [-0.1, -0.05) is 18.5 Å². The van der Waals surface area contributed by atoms with Gasteiger partial charge in [-0.2, -0.15) is 0 Å². The molecular formula is C18H25ClN2O3.